The van der Waals surface area contributed by atoms with Crippen molar-refractivity contribution in [2.75, 3.05) is 6.61 Å². The number of ether oxygens (including phenoxy) is 1. The van der Waals surface area contributed by atoms with Crippen LogP contribution in [-0.4, -0.2) is 17.8 Å². The van der Waals surface area contributed by atoms with Gasteiger partial charge in [-0.05, 0) is 24.1 Å². The number of rotatable bonds is 2. The highest BCUT2D eigenvalue weighted by Crippen LogP contribution is 2.35. The summed E-state index contributed by atoms with van der Waals surface area (Å²) in [4.78, 5) is 0. The molecule has 1 N–H and O–H groups in total. The second-order valence-corrected chi connectivity index (χ2v) is 4.40. The zero-order valence-electron chi connectivity index (χ0n) is 9.45. The Morgan fingerprint density at radius 2 is 2.38 bits per heavy atom. The van der Waals surface area contributed by atoms with E-state index in [4.69, 9.17) is 4.74 Å². The van der Waals surface area contributed by atoms with Crippen LogP contribution in [0.5, 0.6) is 0 Å². The normalized spacial score (nSPS) is 30.3. The lowest BCUT2D eigenvalue weighted by molar-refractivity contribution is -0.108. The molecule has 0 saturated carbocycles. The summed E-state index contributed by atoms with van der Waals surface area (Å²) in [5.74, 6) is -0.300. The van der Waals surface area contributed by atoms with Crippen LogP contribution in [0.3, 0.4) is 0 Å². The third-order valence-corrected chi connectivity index (χ3v) is 3.25. The zero-order chi connectivity index (χ0) is 11.6. The van der Waals surface area contributed by atoms with Gasteiger partial charge in [-0.15, -0.1) is 0 Å². The van der Waals surface area contributed by atoms with Crippen molar-refractivity contribution >= 4 is 0 Å². The Bertz CT molecular complexity index is 367. The molecular formula is C13H17FO2. The van der Waals surface area contributed by atoms with E-state index in [0.29, 0.717) is 25.0 Å². The highest BCUT2D eigenvalue weighted by Gasteiger charge is 2.36. The standard InChI is InChI=1S/C13H17FO2/c1-2-12-9-13(15,6-7-16-12)10-4-3-5-11(14)8-10/h3-5,8,12,15H,2,6-7,9H2,1H3. The molecule has 0 aromatic heterocycles. The Balaban J connectivity index is 2.23. The molecule has 1 aliphatic rings. The van der Waals surface area contributed by atoms with Crippen molar-refractivity contribution in [3.05, 3.63) is 35.6 Å². The summed E-state index contributed by atoms with van der Waals surface area (Å²) in [6.45, 7) is 2.56. The minimum atomic E-state index is -0.930. The lowest BCUT2D eigenvalue weighted by atomic mass is 9.83. The van der Waals surface area contributed by atoms with Gasteiger partial charge in [-0.3, -0.25) is 0 Å². The fourth-order valence-electron chi connectivity index (χ4n) is 2.23. The van der Waals surface area contributed by atoms with Gasteiger partial charge in [0.05, 0.1) is 18.3 Å². The molecule has 0 aliphatic carbocycles. The van der Waals surface area contributed by atoms with Crippen molar-refractivity contribution in [2.24, 2.45) is 0 Å². The van der Waals surface area contributed by atoms with Gasteiger partial charge in [0.1, 0.15) is 5.82 Å². The Kier molecular flexibility index (Phi) is 3.26. The molecule has 16 heavy (non-hydrogen) atoms. The molecule has 0 bridgehead atoms. The lowest BCUT2D eigenvalue weighted by Gasteiger charge is -2.37. The third kappa shape index (κ3) is 2.25. The second-order valence-electron chi connectivity index (χ2n) is 4.40. The number of hydrogen-bond acceptors (Lipinski definition) is 2. The van der Waals surface area contributed by atoms with Gasteiger partial charge in [0, 0.05) is 12.8 Å². The van der Waals surface area contributed by atoms with Crippen LogP contribution in [0.25, 0.3) is 0 Å². The molecule has 0 amide bonds. The molecule has 2 nitrogen and oxygen atoms in total. The van der Waals surface area contributed by atoms with Crippen LogP contribution < -0.4 is 0 Å². The van der Waals surface area contributed by atoms with Crippen molar-refractivity contribution in [2.45, 2.75) is 37.9 Å². The summed E-state index contributed by atoms with van der Waals surface area (Å²) in [7, 11) is 0. The monoisotopic (exact) mass is 224 g/mol. The van der Waals surface area contributed by atoms with Crippen LogP contribution in [0, 0.1) is 5.82 Å². The fourth-order valence-corrected chi connectivity index (χ4v) is 2.23. The first-order valence-electron chi connectivity index (χ1n) is 5.74. The second kappa shape index (κ2) is 4.52. The van der Waals surface area contributed by atoms with Gasteiger partial charge in [0.15, 0.2) is 0 Å². The van der Waals surface area contributed by atoms with E-state index in [-0.39, 0.29) is 11.9 Å². The topological polar surface area (TPSA) is 29.5 Å². The predicted molar refractivity (Wildman–Crippen MR) is 59.6 cm³/mol. The molecule has 3 heteroatoms. The van der Waals surface area contributed by atoms with Crippen LogP contribution in [0.15, 0.2) is 24.3 Å². The van der Waals surface area contributed by atoms with E-state index in [2.05, 4.69) is 0 Å². The average molecular weight is 224 g/mol. The van der Waals surface area contributed by atoms with Crippen molar-refractivity contribution in [3.8, 4) is 0 Å². The quantitative estimate of drug-likeness (QED) is 0.836. The van der Waals surface area contributed by atoms with E-state index in [1.165, 1.54) is 12.1 Å². The first-order valence-corrected chi connectivity index (χ1v) is 5.74. The first kappa shape index (κ1) is 11.6. The van der Waals surface area contributed by atoms with E-state index in [1.54, 1.807) is 12.1 Å². The summed E-state index contributed by atoms with van der Waals surface area (Å²) in [5, 5.41) is 10.5. The van der Waals surface area contributed by atoms with Crippen molar-refractivity contribution in [1.29, 1.82) is 0 Å². The van der Waals surface area contributed by atoms with E-state index in [0.717, 1.165) is 6.42 Å². The smallest absolute Gasteiger partial charge is 0.123 e. The van der Waals surface area contributed by atoms with Crippen LogP contribution in [-0.2, 0) is 10.3 Å². The molecule has 1 aromatic carbocycles. The van der Waals surface area contributed by atoms with E-state index >= 15 is 0 Å². The zero-order valence-corrected chi connectivity index (χ0v) is 9.45. The molecule has 1 saturated heterocycles. The maximum Gasteiger partial charge on any atom is 0.123 e. The highest BCUT2D eigenvalue weighted by atomic mass is 19.1. The van der Waals surface area contributed by atoms with E-state index in [1.807, 2.05) is 6.92 Å². The maximum atomic E-state index is 13.1. The Labute approximate surface area is 95.1 Å². The summed E-state index contributed by atoms with van der Waals surface area (Å²) in [5.41, 5.74) is -0.268. The molecule has 2 rings (SSSR count). The number of hydrogen-bond donors (Lipinski definition) is 1. The number of halogens is 1. The van der Waals surface area contributed by atoms with Gasteiger partial charge in [0.25, 0.3) is 0 Å². The minimum absolute atomic E-state index is 0.0713. The van der Waals surface area contributed by atoms with Gasteiger partial charge in [-0.2, -0.15) is 0 Å². The molecule has 1 heterocycles. The van der Waals surface area contributed by atoms with Crippen molar-refractivity contribution in [3.63, 3.8) is 0 Å². The SMILES string of the molecule is CCC1CC(O)(c2cccc(F)c2)CCO1. The third-order valence-electron chi connectivity index (χ3n) is 3.25. The molecule has 0 radical (unpaired) electrons. The molecule has 2 unspecified atom stereocenters. The Morgan fingerprint density at radius 1 is 1.56 bits per heavy atom. The van der Waals surface area contributed by atoms with Gasteiger partial charge in [0.2, 0.25) is 0 Å². The molecule has 1 aromatic rings. The van der Waals surface area contributed by atoms with Crippen LogP contribution >= 0.6 is 0 Å². The van der Waals surface area contributed by atoms with Gasteiger partial charge < -0.3 is 9.84 Å². The van der Waals surface area contributed by atoms with Crippen LogP contribution in [0.4, 0.5) is 4.39 Å². The van der Waals surface area contributed by atoms with Gasteiger partial charge in [-0.25, -0.2) is 4.39 Å². The minimum Gasteiger partial charge on any atom is -0.385 e. The van der Waals surface area contributed by atoms with Crippen LogP contribution in [0.1, 0.15) is 31.7 Å². The lowest BCUT2D eigenvalue weighted by Crippen LogP contribution is -2.38. The molecular weight excluding hydrogens is 207 g/mol. The van der Waals surface area contributed by atoms with Crippen LogP contribution in [0.2, 0.25) is 0 Å². The van der Waals surface area contributed by atoms with Crippen molar-refractivity contribution in [1.82, 2.24) is 0 Å². The summed E-state index contributed by atoms with van der Waals surface area (Å²) < 4.78 is 18.6. The molecule has 88 valence electrons. The Morgan fingerprint density at radius 3 is 3.06 bits per heavy atom. The van der Waals surface area contributed by atoms with Gasteiger partial charge >= 0.3 is 0 Å². The van der Waals surface area contributed by atoms with E-state index in [9.17, 15) is 9.50 Å². The van der Waals surface area contributed by atoms with Crippen molar-refractivity contribution < 1.29 is 14.2 Å². The summed E-state index contributed by atoms with van der Waals surface area (Å²) in [6, 6.07) is 6.22. The van der Waals surface area contributed by atoms with Gasteiger partial charge in [-0.1, -0.05) is 19.1 Å². The maximum absolute atomic E-state index is 13.1. The number of benzene rings is 1. The summed E-state index contributed by atoms with van der Waals surface area (Å²) >= 11 is 0. The largest absolute Gasteiger partial charge is 0.385 e. The molecule has 1 fully saturated rings. The average Bonchev–Trinajstić information content (AvgIpc) is 2.29. The van der Waals surface area contributed by atoms with E-state index < -0.39 is 5.60 Å². The fraction of sp³-hybridized carbons (Fsp3) is 0.538. The Hall–Kier alpha value is -0.930. The number of aliphatic hydroxyl groups is 1. The predicted octanol–water partition coefficient (Wildman–Crippen LogP) is 2.60. The summed E-state index contributed by atoms with van der Waals surface area (Å²) in [6.07, 6.45) is 2.03. The molecule has 1 aliphatic heterocycles. The first-order chi connectivity index (χ1) is 7.64. The highest BCUT2D eigenvalue weighted by molar-refractivity contribution is 5.24. The molecule has 0 spiro atoms. The molecule has 2 atom stereocenters.